The quantitative estimate of drug-likeness (QED) is 0.495. The summed E-state index contributed by atoms with van der Waals surface area (Å²) in [6, 6.07) is 12.3. The summed E-state index contributed by atoms with van der Waals surface area (Å²) in [5.74, 6) is 1.20. The van der Waals surface area contributed by atoms with E-state index in [-0.39, 0.29) is 11.7 Å². The molecule has 0 saturated carbocycles. The molecule has 1 aromatic heterocycles. The third kappa shape index (κ3) is 3.78. The number of amides is 1. The van der Waals surface area contributed by atoms with Crippen LogP contribution in [0.25, 0.3) is 11.3 Å². The summed E-state index contributed by atoms with van der Waals surface area (Å²) >= 11 is 0. The van der Waals surface area contributed by atoms with Crippen LogP contribution in [0.15, 0.2) is 42.5 Å². The zero-order valence-electron chi connectivity index (χ0n) is 18.4. The minimum absolute atomic E-state index is 0.107. The molecular formula is C24H27N3O5. The van der Waals surface area contributed by atoms with Crippen LogP contribution < -0.4 is 9.47 Å². The Morgan fingerprint density at radius 2 is 1.97 bits per heavy atom. The molecule has 2 aromatic carbocycles. The fourth-order valence-electron chi connectivity index (χ4n) is 4.16. The van der Waals surface area contributed by atoms with Gasteiger partial charge in [-0.1, -0.05) is 18.2 Å². The van der Waals surface area contributed by atoms with E-state index in [0.717, 1.165) is 11.1 Å². The number of H-pyrrole nitrogens is 1. The first-order valence-electron chi connectivity index (χ1n) is 10.6. The van der Waals surface area contributed by atoms with Crippen molar-refractivity contribution in [3.05, 3.63) is 59.3 Å². The third-order valence-corrected chi connectivity index (χ3v) is 5.57. The fraction of sp³-hybridized carbons (Fsp3) is 0.333. The van der Waals surface area contributed by atoms with E-state index in [1.165, 1.54) is 0 Å². The summed E-state index contributed by atoms with van der Waals surface area (Å²) < 4.78 is 16.4. The van der Waals surface area contributed by atoms with Crippen molar-refractivity contribution in [3.8, 4) is 28.5 Å². The van der Waals surface area contributed by atoms with Gasteiger partial charge in [0.25, 0.3) is 5.91 Å². The summed E-state index contributed by atoms with van der Waals surface area (Å²) in [6.45, 7) is 3.48. The van der Waals surface area contributed by atoms with E-state index < -0.39 is 6.04 Å². The highest BCUT2D eigenvalue weighted by molar-refractivity contribution is 6.00. The van der Waals surface area contributed by atoms with E-state index in [9.17, 15) is 9.90 Å². The monoisotopic (exact) mass is 437 g/mol. The Balaban J connectivity index is 1.84. The van der Waals surface area contributed by atoms with Crippen molar-refractivity contribution >= 4 is 5.91 Å². The van der Waals surface area contributed by atoms with Crippen LogP contribution in [0.1, 0.15) is 41.0 Å². The van der Waals surface area contributed by atoms with Crippen molar-refractivity contribution in [2.45, 2.75) is 19.4 Å². The van der Waals surface area contributed by atoms with Gasteiger partial charge in [0.1, 0.15) is 17.1 Å². The Morgan fingerprint density at radius 1 is 1.16 bits per heavy atom. The number of hydrogen-bond donors (Lipinski definition) is 2. The van der Waals surface area contributed by atoms with Gasteiger partial charge in [-0.15, -0.1) is 0 Å². The van der Waals surface area contributed by atoms with Crippen LogP contribution in [0.2, 0.25) is 0 Å². The van der Waals surface area contributed by atoms with Gasteiger partial charge in [0.15, 0.2) is 11.5 Å². The van der Waals surface area contributed by atoms with Crippen molar-refractivity contribution in [2.75, 3.05) is 34.0 Å². The lowest BCUT2D eigenvalue weighted by molar-refractivity contribution is 0.0723. The van der Waals surface area contributed by atoms with E-state index in [2.05, 4.69) is 10.2 Å². The van der Waals surface area contributed by atoms with Gasteiger partial charge < -0.3 is 24.2 Å². The first-order chi connectivity index (χ1) is 15.6. The Kier molecular flexibility index (Phi) is 6.32. The number of benzene rings is 2. The number of fused-ring (bicyclic) bond motifs is 1. The number of nitrogens with zero attached hydrogens (tertiary/aromatic N) is 2. The molecule has 0 spiro atoms. The maximum atomic E-state index is 13.3. The van der Waals surface area contributed by atoms with Gasteiger partial charge in [-0.3, -0.25) is 9.89 Å². The van der Waals surface area contributed by atoms with Gasteiger partial charge in [0.05, 0.1) is 19.8 Å². The minimum Gasteiger partial charge on any atom is -0.507 e. The van der Waals surface area contributed by atoms with Crippen LogP contribution in [0.4, 0.5) is 0 Å². The molecule has 1 atom stereocenters. The second-order valence-corrected chi connectivity index (χ2v) is 7.47. The lowest BCUT2D eigenvalue weighted by Crippen LogP contribution is -2.31. The Bertz CT molecular complexity index is 1110. The molecule has 32 heavy (non-hydrogen) atoms. The molecule has 168 valence electrons. The maximum absolute atomic E-state index is 13.3. The van der Waals surface area contributed by atoms with Crippen LogP contribution in [-0.2, 0) is 4.74 Å². The summed E-state index contributed by atoms with van der Waals surface area (Å²) in [5, 5.41) is 17.8. The predicted molar refractivity (Wildman–Crippen MR) is 119 cm³/mol. The standard InChI is InChI=1S/C24H27N3O5/c1-4-32-18-11-10-15(14-19(18)31-3)23-20-21(16-8-5-6-9-17(16)28)25-26-22(20)24(29)27(23)12-7-13-30-2/h5-6,8-11,14,23,28H,4,7,12-13H2,1-3H3,(H,25,26)/t23-/m0/s1. The number of para-hydroxylation sites is 1. The predicted octanol–water partition coefficient (Wildman–Crippen LogP) is 3.77. The molecule has 0 radical (unpaired) electrons. The number of phenolic OH excluding ortho intramolecular Hbond substituents is 1. The Hall–Kier alpha value is -3.52. The number of rotatable bonds is 9. The highest BCUT2D eigenvalue weighted by atomic mass is 16.5. The molecule has 4 rings (SSSR count). The third-order valence-electron chi connectivity index (χ3n) is 5.57. The summed E-state index contributed by atoms with van der Waals surface area (Å²) in [4.78, 5) is 15.1. The van der Waals surface area contributed by atoms with E-state index in [4.69, 9.17) is 14.2 Å². The van der Waals surface area contributed by atoms with Gasteiger partial charge in [-0.25, -0.2) is 0 Å². The second kappa shape index (κ2) is 9.32. The first-order valence-corrected chi connectivity index (χ1v) is 10.6. The number of hydrogen-bond acceptors (Lipinski definition) is 6. The molecule has 0 fully saturated rings. The zero-order chi connectivity index (χ0) is 22.7. The molecular weight excluding hydrogens is 410 g/mol. The van der Waals surface area contributed by atoms with E-state index >= 15 is 0 Å². The number of ether oxygens (including phenoxy) is 3. The van der Waals surface area contributed by atoms with Crippen molar-refractivity contribution in [2.24, 2.45) is 0 Å². The van der Waals surface area contributed by atoms with Gasteiger partial charge in [0.2, 0.25) is 0 Å². The lowest BCUT2D eigenvalue weighted by Gasteiger charge is -2.27. The number of phenols is 1. The van der Waals surface area contributed by atoms with Gasteiger partial charge in [-0.2, -0.15) is 5.10 Å². The van der Waals surface area contributed by atoms with Crippen molar-refractivity contribution < 1.29 is 24.1 Å². The summed E-state index contributed by atoms with van der Waals surface area (Å²) in [6.07, 6.45) is 0.691. The zero-order valence-corrected chi connectivity index (χ0v) is 18.4. The number of carbonyl (C=O) groups excluding carboxylic acids is 1. The molecule has 0 aliphatic carbocycles. The topological polar surface area (TPSA) is 96.9 Å². The smallest absolute Gasteiger partial charge is 0.273 e. The summed E-state index contributed by atoms with van der Waals surface area (Å²) in [7, 11) is 3.23. The van der Waals surface area contributed by atoms with Crippen LogP contribution in [0.3, 0.4) is 0 Å². The van der Waals surface area contributed by atoms with Crippen LogP contribution in [-0.4, -0.2) is 60.1 Å². The molecule has 1 amide bonds. The molecule has 0 bridgehead atoms. The van der Waals surface area contributed by atoms with E-state index in [1.807, 2.05) is 31.2 Å². The number of aromatic amines is 1. The van der Waals surface area contributed by atoms with Gasteiger partial charge in [0, 0.05) is 31.4 Å². The number of methoxy groups -OCH3 is 2. The van der Waals surface area contributed by atoms with Gasteiger partial charge in [-0.05, 0) is 43.2 Å². The first kappa shape index (κ1) is 21.7. The van der Waals surface area contributed by atoms with E-state index in [0.29, 0.717) is 54.6 Å². The highest BCUT2D eigenvalue weighted by Gasteiger charge is 2.42. The van der Waals surface area contributed by atoms with Crippen molar-refractivity contribution in [3.63, 3.8) is 0 Å². The van der Waals surface area contributed by atoms with Crippen molar-refractivity contribution in [1.82, 2.24) is 15.1 Å². The molecule has 1 aliphatic heterocycles. The lowest BCUT2D eigenvalue weighted by atomic mass is 9.95. The normalized spacial score (nSPS) is 15.2. The number of carbonyl (C=O) groups is 1. The Labute approximate surface area is 186 Å². The minimum atomic E-state index is -0.396. The molecule has 0 saturated heterocycles. The number of aromatic nitrogens is 2. The molecule has 2 N–H and O–H groups in total. The van der Waals surface area contributed by atoms with Crippen LogP contribution in [0.5, 0.6) is 17.2 Å². The molecule has 3 aromatic rings. The van der Waals surface area contributed by atoms with Gasteiger partial charge >= 0.3 is 0 Å². The molecule has 0 unspecified atom stereocenters. The molecule has 2 heterocycles. The molecule has 8 nitrogen and oxygen atoms in total. The highest BCUT2D eigenvalue weighted by Crippen LogP contribution is 2.45. The molecule has 1 aliphatic rings. The Morgan fingerprint density at radius 3 is 2.69 bits per heavy atom. The summed E-state index contributed by atoms with van der Waals surface area (Å²) in [5.41, 5.74) is 3.16. The number of aromatic hydroxyl groups is 1. The van der Waals surface area contributed by atoms with Crippen molar-refractivity contribution in [1.29, 1.82) is 0 Å². The maximum Gasteiger partial charge on any atom is 0.273 e. The fourth-order valence-corrected chi connectivity index (χ4v) is 4.16. The second-order valence-electron chi connectivity index (χ2n) is 7.47. The SMILES string of the molecule is CCOc1ccc([C@H]2c3c(-c4ccccc4O)n[nH]c3C(=O)N2CCCOC)cc1OC. The largest absolute Gasteiger partial charge is 0.507 e. The molecule has 8 heteroatoms. The average Bonchev–Trinajstić information content (AvgIpc) is 3.34. The average molecular weight is 437 g/mol. The van der Waals surface area contributed by atoms with Crippen LogP contribution >= 0.6 is 0 Å². The van der Waals surface area contributed by atoms with E-state index in [1.54, 1.807) is 37.3 Å². The number of nitrogens with one attached hydrogen (secondary N) is 1. The van der Waals surface area contributed by atoms with Crippen LogP contribution in [0, 0.1) is 0 Å².